The molecule has 162 valence electrons. The minimum Gasteiger partial charge on any atom is -0.506 e. The van der Waals surface area contributed by atoms with Crippen LogP contribution in [0.5, 0.6) is 11.5 Å². The average molecular weight is 428 g/mol. The van der Waals surface area contributed by atoms with Gasteiger partial charge < -0.3 is 19.3 Å². The maximum atomic E-state index is 10.7. The van der Waals surface area contributed by atoms with Crippen LogP contribution < -0.4 is 9.64 Å². The summed E-state index contributed by atoms with van der Waals surface area (Å²) in [5, 5.41) is 10.7. The van der Waals surface area contributed by atoms with Gasteiger partial charge in [-0.25, -0.2) is 15.0 Å². The van der Waals surface area contributed by atoms with Crippen molar-refractivity contribution in [3.05, 3.63) is 78.1 Å². The first kappa shape index (κ1) is 20.1. The summed E-state index contributed by atoms with van der Waals surface area (Å²) in [5.41, 5.74) is 5.44. The van der Waals surface area contributed by atoms with Gasteiger partial charge in [-0.05, 0) is 38.5 Å². The van der Waals surface area contributed by atoms with Crippen molar-refractivity contribution in [2.75, 3.05) is 18.1 Å². The van der Waals surface area contributed by atoms with Crippen molar-refractivity contribution in [2.24, 2.45) is 0 Å². The van der Waals surface area contributed by atoms with Crippen LogP contribution in [0, 0.1) is 13.8 Å². The maximum absolute atomic E-state index is 10.7. The largest absolute Gasteiger partial charge is 0.506 e. The van der Waals surface area contributed by atoms with Gasteiger partial charge in [-0.15, -0.1) is 0 Å². The molecule has 0 spiro atoms. The second kappa shape index (κ2) is 8.00. The highest BCUT2D eigenvalue weighted by Gasteiger charge is 2.28. The Kier molecular flexibility index (Phi) is 5.01. The molecule has 5 rings (SSSR count). The van der Waals surface area contributed by atoms with E-state index in [1.165, 1.54) is 11.1 Å². The predicted molar refractivity (Wildman–Crippen MR) is 123 cm³/mol. The van der Waals surface area contributed by atoms with Crippen molar-refractivity contribution >= 4 is 5.82 Å². The summed E-state index contributed by atoms with van der Waals surface area (Å²) in [6, 6.07) is 14.2. The molecular weight excluding hydrogens is 402 g/mol. The van der Waals surface area contributed by atoms with E-state index in [1.54, 1.807) is 23.3 Å². The lowest BCUT2D eigenvalue weighted by Crippen LogP contribution is -2.36. The number of benzene rings is 2. The lowest BCUT2D eigenvalue weighted by atomic mass is 10.0. The highest BCUT2D eigenvalue weighted by Crippen LogP contribution is 2.41. The van der Waals surface area contributed by atoms with Gasteiger partial charge in [-0.3, -0.25) is 0 Å². The number of anilines is 1. The number of phenols is 1. The SMILES string of the molecule is Cc1ccc(C(C)N2CCOc3c(-c4ccc(-n5cnc(C)c5)c(O)c4)ncnc32)cc1. The van der Waals surface area contributed by atoms with E-state index in [-0.39, 0.29) is 11.8 Å². The van der Waals surface area contributed by atoms with E-state index in [0.717, 1.165) is 23.6 Å². The number of aryl methyl sites for hydroxylation is 2. The monoisotopic (exact) mass is 427 g/mol. The van der Waals surface area contributed by atoms with Crippen LogP contribution in [-0.4, -0.2) is 37.8 Å². The van der Waals surface area contributed by atoms with E-state index in [0.29, 0.717) is 23.7 Å². The van der Waals surface area contributed by atoms with Crippen LogP contribution in [0.25, 0.3) is 16.9 Å². The van der Waals surface area contributed by atoms with Gasteiger partial charge in [0, 0.05) is 11.8 Å². The molecule has 3 heterocycles. The number of imidazole rings is 1. The van der Waals surface area contributed by atoms with Gasteiger partial charge in [-0.1, -0.05) is 35.9 Å². The predicted octanol–water partition coefficient (Wildman–Crippen LogP) is 4.61. The van der Waals surface area contributed by atoms with E-state index in [2.05, 4.69) is 58.0 Å². The second-order valence-corrected chi connectivity index (χ2v) is 8.13. The average Bonchev–Trinajstić information content (AvgIpc) is 3.24. The summed E-state index contributed by atoms with van der Waals surface area (Å²) in [6.07, 6.45) is 5.11. The maximum Gasteiger partial charge on any atom is 0.188 e. The number of hydrogen-bond donors (Lipinski definition) is 1. The Hall–Kier alpha value is -3.87. The summed E-state index contributed by atoms with van der Waals surface area (Å²) < 4.78 is 7.84. The molecule has 2 aromatic heterocycles. The Morgan fingerprint density at radius 2 is 1.84 bits per heavy atom. The summed E-state index contributed by atoms with van der Waals surface area (Å²) in [7, 11) is 0. The molecule has 1 aliphatic heterocycles. The fourth-order valence-corrected chi connectivity index (χ4v) is 4.10. The minimum atomic E-state index is 0.140. The molecule has 1 unspecified atom stereocenters. The topological polar surface area (TPSA) is 76.3 Å². The van der Waals surface area contributed by atoms with Crippen molar-refractivity contribution in [3.63, 3.8) is 0 Å². The Labute approximate surface area is 187 Å². The second-order valence-electron chi connectivity index (χ2n) is 8.13. The number of phenolic OH excluding ortho intramolecular Hbond substituents is 1. The van der Waals surface area contributed by atoms with Gasteiger partial charge in [0.05, 0.1) is 30.3 Å². The summed E-state index contributed by atoms with van der Waals surface area (Å²) >= 11 is 0. The Morgan fingerprint density at radius 3 is 2.56 bits per heavy atom. The standard InChI is InChI=1S/C25H25N5O2/c1-16-4-6-19(7-5-16)18(3)30-10-11-32-24-23(26-14-27-25(24)30)20-8-9-21(22(31)12-20)29-13-17(2)28-15-29/h4-9,12-15,18,31H,10-11H2,1-3H3. The number of fused-ring (bicyclic) bond motifs is 1. The van der Waals surface area contributed by atoms with Crippen molar-refractivity contribution in [1.82, 2.24) is 19.5 Å². The van der Waals surface area contributed by atoms with Gasteiger partial charge in [0.2, 0.25) is 0 Å². The third-order valence-corrected chi connectivity index (χ3v) is 5.90. The fraction of sp³-hybridized carbons (Fsp3) is 0.240. The molecule has 7 nitrogen and oxygen atoms in total. The molecule has 0 bridgehead atoms. The minimum absolute atomic E-state index is 0.140. The highest BCUT2D eigenvalue weighted by atomic mass is 16.5. The first-order valence-corrected chi connectivity index (χ1v) is 10.7. The van der Waals surface area contributed by atoms with Crippen LogP contribution in [0.1, 0.15) is 29.8 Å². The van der Waals surface area contributed by atoms with E-state index in [4.69, 9.17) is 4.74 Å². The third kappa shape index (κ3) is 3.56. The Bertz CT molecular complexity index is 1270. The zero-order valence-corrected chi connectivity index (χ0v) is 18.4. The molecule has 1 aliphatic rings. The van der Waals surface area contributed by atoms with E-state index < -0.39 is 0 Å². The molecule has 0 aliphatic carbocycles. The van der Waals surface area contributed by atoms with E-state index in [9.17, 15) is 5.11 Å². The zero-order chi connectivity index (χ0) is 22.2. The Morgan fingerprint density at radius 1 is 1.03 bits per heavy atom. The van der Waals surface area contributed by atoms with Crippen molar-refractivity contribution in [2.45, 2.75) is 26.8 Å². The quantitative estimate of drug-likeness (QED) is 0.513. The third-order valence-electron chi connectivity index (χ3n) is 5.90. The molecule has 32 heavy (non-hydrogen) atoms. The first-order valence-electron chi connectivity index (χ1n) is 10.7. The molecule has 0 radical (unpaired) electrons. The summed E-state index contributed by atoms with van der Waals surface area (Å²) in [6.45, 7) is 7.46. The van der Waals surface area contributed by atoms with Gasteiger partial charge >= 0.3 is 0 Å². The van der Waals surface area contributed by atoms with Crippen LogP contribution in [0.3, 0.4) is 0 Å². The van der Waals surface area contributed by atoms with Crippen LogP contribution in [0.15, 0.2) is 61.3 Å². The van der Waals surface area contributed by atoms with Gasteiger partial charge in [0.15, 0.2) is 11.6 Å². The molecule has 1 atom stereocenters. The lowest BCUT2D eigenvalue weighted by molar-refractivity contribution is 0.299. The van der Waals surface area contributed by atoms with E-state index in [1.807, 2.05) is 25.3 Å². The molecule has 0 fully saturated rings. The van der Waals surface area contributed by atoms with Crippen LogP contribution in [-0.2, 0) is 0 Å². The molecule has 0 amide bonds. The van der Waals surface area contributed by atoms with Crippen LogP contribution >= 0.6 is 0 Å². The fourth-order valence-electron chi connectivity index (χ4n) is 4.10. The van der Waals surface area contributed by atoms with Crippen molar-refractivity contribution in [3.8, 4) is 28.4 Å². The number of rotatable bonds is 4. The molecular formula is C25H25N5O2. The zero-order valence-electron chi connectivity index (χ0n) is 18.4. The van der Waals surface area contributed by atoms with E-state index >= 15 is 0 Å². The summed E-state index contributed by atoms with van der Waals surface area (Å²) in [5.74, 6) is 1.56. The van der Waals surface area contributed by atoms with Crippen LogP contribution in [0.4, 0.5) is 5.82 Å². The first-order chi connectivity index (χ1) is 15.5. The molecule has 7 heteroatoms. The van der Waals surface area contributed by atoms with Crippen LogP contribution in [0.2, 0.25) is 0 Å². The number of nitrogens with zero attached hydrogens (tertiary/aromatic N) is 5. The Balaban J connectivity index is 1.51. The van der Waals surface area contributed by atoms with Gasteiger partial charge in [-0.2, -0.15) is 0 Å². The smallest absolute Gasteiger partial charge is 0.188 e. The highest BCUT2D eigenvalue weighted by molar-refractivity contribution is 5.76. The molecule has 2 aromatic carbocycles. The molecule has 1 N–H and O–H groups in total. The van der Waals surface area contributed by atoms with Gasteiger partial charge in [0.1, 0.15) is 24.4 Å². The summed E-state index contributed by atoms with van der Waals surface area (Å²) in [4.78, 5) is 15.5. The normalized spacial score (nSPS) is 14.0. The number of ether oxygens (including phenoxy) is 1. The molecule has 0 saturated heterocycles. The number of aromatic nitrogens is 4. The van der Waals surface area contributed by atoms with Crippen molar-refractivity contribution in [1.29, 1.82) is 0 Å². The molecule has 4 aromatic rings. The van der Waals surface area contributed by atoms with Crippen molar-refractivity contribution < 1.29 is 9.84 Å². The lowest BCUT2D eigenvalue weighted by Gasteiger charge is -2.35. The molecule has 0 saturated carbocycles. The van der Waals surface area contributed by atoms with Gasteiger partial charge in [0.25, 0.3) is 0 Å². The number of aromatic hydroxyl groups is 1. The number of hydrogen-bond acceptors (Lipinski definition) is 6.